The van der Waals surface area contributed by atoms with Crippen molar-refractivity contribution in [3.63, 3.8) is 0 Å². The lowest BCUT2D eigenvalue weighted by Gasteiger charge is -2.08. The van der Waals surface area contributed by atoms with Crippen LogP contribution in [-0.2, 0) is 6.61 Å². The molecule has 0 unspecified atom stereocenters. The molecule has 0 bridgehead atoms. The van der Waals surface area contributed by atoms with Gasteiger partial charge in [0, 0.05) is 11.6 Å². The van der Waals surface area contributed by atoms with E-state index in [9.17, 15) is 14.9 Å². The van der Waals surface area contributed by atoms with E-state index in [1.807, 2.05) is 24.3 Å². The van der Waals surface area contributed by atoms with E-state index in [1.165, 1.54) is 29.0 Å². The quantitative estimate of drug-likeness (QED) is 0.343. The number of hydrogen-bond donors (Lipinski definition) is 1. The molecule has 9 heteroatoms. The Morgan fingerprint density at radius 3 is 2.69 bits per heavy atom. The Hall–Kier alpha value is -3.72. The zero-order valence-corrected chi connectivity index (χ0v) is 16.2. The van der Waals surface area contributed by atoms with E-state index in [0.717, 1.165) is 11.3 Å². The summed E-state index contributed by atoms with van der Waals surface area (Å²) >= 11 is 1.17. The van der Waals surface area contributed by atoms with Gasteiger partial charge < -0.3 is 9.47 Å². The molecule has 2 aromatic carbocycles. The molecule has 0 radical (unpaired) electrons. The van der Waals surface area contributed by atoms with Crippen LogP contribution in [-0.4, -0.2) is 24.2 Å². The molecule has 0 aliphatic heterocycles. The van der Waals surface area contributed by atoms with Crippen LogP contribution in [0.25, 0.3) is 0 Å². The molecule has 1 heterocycles. The smallest absolute Gasteiger partial charge is 0.280 e. The number of carbonyl (C=O) groups is 1. The third kappa shape index (κ3) is 5.63. The first-order valence-electron chi connectivity index (χ1n) is 8.47. The van der Waals surface area contributed by atoms with Gasteiger partial charge in [0.1, 0.15) is 18.1 Å². The minimum atomic E-state index is -0.482. The second kappa shape index (κ2) is 9.47. The highest BCUT2D eigenvalue weighted by molar-refractivity contribution is 7.12. The van der Waals surface area contributed by atoms with Crippen molar-refractivity contribution in [2.75, 3.05) is 7.11 Å². The number of hydrogen-bond acceptors (Lipinski definition) is 7. The van der Waals surface area contributed by atoms with Crippen LogP contribution in [0.2, 0.25) is 0 Å². The van der Waals surface area contributed by atoms with Crippen LogP contribution in [0.4, 0.5) is 5.69 Å². The van der Waals surface area contributed by atoms with Crippen LogP contribution in [0, 0.1) is 10.1 Å². The summed E-state index contributed by atoms with van der Waals surface area (Å²) in [5.41, 5.74) is 3.76. The van der Waals surface area contributed by atoms with Crippen molar-refractivity contribution in [3.05, 3.63) is 86.1 Å². The lowest BCUT2D eigenvalue weighted by molar-refractivity contribution is -0.384. The van der Waals surface area contributed by atoms with Crippen LogP contribution < -0.4 is 14.9 Å². The van der Waals surface area contributed by atoms with Gasteiger partial charge in [-0.15, -0.1) is 11.3 Å². The van der Waals surface area contributed by atoms with Gasteiger partial charge in [-0.1, -0.05) is 12.1 Å². The van der Waals surface area contributed by atoms with Crippen LogP contribution in [0.1, 0.15) is 20.8 Å². The number of nitro groups is 1. The first-order valence-corrected chi connectivity index (χ1v) is 9.35. The maximum absolute atomic E-state index is 12.1. The molecule has 0 saturated heterocycles. The monoisotopic (exact) mass is 411 g/mol. The zero-order chi connectivity index (χ0) is 20.6. The summed E-state index contributed by atoms with van der Waals surface area (Å²) in [4.78, 5) is 22.9. The van der Waals surface area contributed by atoms with Crippen molar-refractivity contribution in [2.24, 2.45) is 5.10 Å². The Balaban J connectivity index is 1.52. The van der Waals surface area contributed by atoms with Crippen LogP contribution in [0.15, 0.2) is 65.1 Å². The standard InChI is InChI=1S/C20H17N3O5S/c1-27-18-4-2-3-14(9-18)12-28-17-7-5-15(6-8-17)20(24)22-21-11-19-10-16(13-29-19)23(25)26/h2-11,13H,12H2,1H3,(H,22,24)/b21-11+. The minimum absolute atomic E-state index is 0.00712. The summed E-state index contributed by atoms with van der Waals surface area (Å²) in [6, 6.07) is 15.6. The lowest BCUT2D eigenvalue weighted by atomic mass is 10.2. The predicted molar refractivity (Wildman–Crippen MR) is 110 cm³/mol. The lowest BCUT2D eigenvalue weighted by Crippen LogP contribution is -2.17. The number of methoxy groups -OCH3 is 1. The molecule has 0 spiro atoms. The van der Waals surface area contributed by atoms with Gasteiger partial charge in [-0.2, -0.15) is 5.10 Å². The van der Waals surface area contributed by atoms with Crippen LogP contribution in [0.3, 0.4) is 0 Å². The number of carbonyl (C=O) groups excluding carboxylic acids is 1. The molecule has 0 aliphatic rings. The van der Waals surface area contributed by atoms with Crippen molar-refractivity contribution in [1.82, 2.24) is 5.43 Å². The summed E-state index contributed by atoms with van der Waals surface area (Å²) in [5.74, 6) is 0.987. The molecule has 0 fully saturated rings. The predicted octanol–water partition coefficient (Wildman–Crippen LogP) is 4.01. The molecule has 29 heavy (non-hydrogen) atoms. The van der Waals surface area contributed by atoms with Gasteiger partial charge in [-0.25, -0.2) is 5.43 Å². The first kappa shape index (κ1) is 20.0. The second-order valence-corrected chi connectivity index (χ2v) is 6.77. The molecule has 1 N–H and O–H groups in total. The van der Waals surface area contributed by atoms with Gasteiger partial charge in [-0.3, -0.25) is 14.9 Å². The Morgan fingerprint density at radius 1 is 1.21 bits per heavy atom. The molecule has 0 aliphatic carbocycles. The molecular weight excluding hydrogens is 394 g/mol. The van der Waals surface area contributed by atoms with E-state index >= 15 is 0 Å². The fourth-order valence-corrected chi connectivity index (χ4v) is 3.07. The van der Waals surface area contributed by atoms with Crippen molar-refractivity contribution >= 4 is 29.1 Å². The van der Waals surface area contributed by atoms with E-state index in [-0.39, 0.29) is 5.69 Å². The average molecular weight is 411 g/mol. The van der Waals surface area contributed by atoms with E-state index in [2.05, 4.69) is 10.5 Å². The molecule has 1 amide bonds. The largest absolute Gasteiger partial charge is 0.497 e. The van der Waals surface area contributed by atoms with Crippen molar-refractivity contribution in [1.29, 1.82) is 0 Å². The zero-order valence-electron chi connectivity index (χ0n) is 15.4. The van der Waals surface area contributed by atoms with Gasteiger partial charge >= 0.3 is 0 Å². The maximum Gasteiger partial charge on any atom is 0.280 e. The molecule has 3 aromatic rings. The van der Waals surface area contributed by atoms with Gasteiger partial charge in [0.05, 0.1) is 28.5 Å². The summed E-state index contributed by atoms with van der Waals surface area (Å²) in [5, 5.41) is 15.9. The van der Waals surface area contributed by atoms with Crippen LogP contribution >= 0.6 is 11.3 Å². The number of benzene rings is 2. The minimum Gasteiger partial charge on any atom is -0.497 e. The number of ether oxygens (including phenoxy) is 2. The molecule has 1 aromatic heterocycles. The highest BCUT2D eigenvalue weighted by Crippen LogP contribution is 2.20. The topological polar surface area (TPSA) is 103 Å². The number of rotatable bonds is 8. The first-order chi connectivity index (χ1) is 14.0. The van der Waals surface area contributed by atoms with E-state index in [0.29, 0.717) is 22.8 Å². The number of amides is 1. The van der Waals surface area contributed by atoms with Gasteiger partial charge in [0.25, 0.3) is 11.6 Å². The summed E-state index contributed by atoms with van der Waals surface area (Å²) < 4.78 is 10.9. The van der Waals surface area contributed by atoms with Crippen LogP contribution in [0.5, 0.6) is 11.5 Å². The van der Waals surface area contributed by atoms with Gasteiger partial charge in [0.2, 0.25) is 0 Å². The van der Waals surface area contributed by atoms with Gasteiger partial charge in [0.15, 0.2) is 0 Å². The summed E-state index contributed by atoms with van der Waals surface area (Å²) in [6.45, 7) is 0.375. The van der Waals surface area contributed by atoms with Crippen molar-refractivity contribution in [3.8, 4) is 11.5 Å². The number of nitrogens with zero attached hydrogens (tertiary/aromatic N) is 2. The van der Waals surface area contributed by atoms with E-state index in [1.54, 1.807) is 31.4 Å². The fraction of sp³-hybridized carbons (Fsp3) is 0.100. The molecule has 8 nitrogen and oxygen atoms in total. The molecule has 0 saturated carbocycles. The van der Waals surface area contributed by atoms with E-state index < -0.39 is 10.8 Å². The SMILES string of the molecule is COc1cccc(COc2ccc(C(=O)N/N=C/c3cc([N+](=O)[O-])cs3)cc2)c1. The highest BCUT2D eigenvalue weighted by Gasteiger charge is 2.08. The Morgan fingerprint density at radius 2 is 2.00 bits per heavy atom. The highest BCUT2D eigenvalue weighted by atomic mass is 32.1. The summed E-state index contributed by atoms with van der Waals surface area (Å²) in [6.07, 6.45) is 1.36. The number of nitrogens with one attached hydrogen (secondary N) is 1. The molecular formula is C20H17N3O5S. The summed E-state index contributed by atoms with van der Waals surface area (Å²) in [7, 11) is 1.61. The molecule has 0 atom stereocenters. The average Bonchev–Trinajstić information content (AvgIpc) is 3.22. The third-order valence-corrected chi connectivity index (χ3v) is 4.69. The Labute approximate surface area is 170 Å². The Bertz CT molecular complexity index is 1030. The maximum atomic E-state index is 12.1. The van der Waals surface area contributed by atoms with E-state index in [4.69, 9.17) is 9.47 Å². The number of thiophene rings is 1. The second-order valence-electron chi connectivity index (χ2n) is 5.83. The Kier molecular flexibility index (Phi) is 6.54. The van der Waals surface area contributed by atoms with Crippen molar-refractivity contribution in [2.45, 2.75) is 6.61 Å². The normalized spacial score (nSPS) is 10.7. The number of hydrazone groups is 1. The molecule has 148 valence electrons. The van der Waals surface area contributed by atoms with Gasteiger partial charge in [-0.05, 0) is 42.0 Å². The fourth-order valence-electron chi connectivity index (χ4n) is 2.36. The van der Waals surface area contributed by atoms with Crippen molar-refractivity contribution < 1.29 is 19.2 Å². The molecule has 3 rings (SSSR count). The third-order valence-electron chi connectivity index (χ3n) is 3.83.